The first-order valence-electron chi connectivity index (χ1n) is 7.29. The van der Waals surface area contributed by atoms with Crippen LogP contribution < -0.4 is 0 Å². The molecule has 4 heterocycles. The van der Waals surface area contributed by atoms with Crippen LogP contribution in [0.5, 0.6) is 0 Å². The third-order valence-corrected chi connectivity index (χ3v) is 13.1. The van der Waals surface area contributed by atoms with Crippen molar-refractivity contribution < 1.29 is 0 Å². The molecule has 0 amide bonds. The summed E-state index contributed by atoms with van der Waals surface area (Å²) in [5.41, 5.74) is 1.36. The standard InChI is InChI=1S/C16H14S7/c1-3-10-11(4-2)19-13(18-10)14-22-15-16(23-14)21-12(20-15)9-5-7-17-8-6-9/h5-8H,3-4H2,1-2H3. The average Bonchev–Trinajstić information content (AvgIpc) is 3.27. The van der Waals surface area contributed by atoms with Crippen LogP contribution in [0, 0.1) is 0 Å². The molecule has 4 aliphatic heterocycles. The minimum atomic E-state index is 1.16. The number of allylic oxidation sites excluding steroid dienone is 5. The fraction of sp³-hybridized carbons (Fsp3) is 0.250. The highest BCUT2D eigenvalue weighted by molar-refractivity contribution is 8.49. The molecular formula is C16H14S7. The van der Waals surface area contributed by atoms with E-state index in [-0.39, 0.29) is 0 Å². The molecule has 0 saturated heterocycles. The van der Waals surface area contributed by atoms with E-state index in [1.807, 2.05) is 70.6 Å². The Hall–Kier alpha value is 0.890. The number of hydrogen-bond acceptors (Lipinski definition) is 7. The fourth-order valence-electron chi connectivity index (χ4n) is 2.23. The van der Waals surface area contributed by atoms with Crippen molar-refractivity contribution >= 4 is 82.3 Å². The van der Waals surface area contributed by atoms with Gasteiger partial charge in [-0.1, -0.05) is 84.4 Å². The van der Waals surface area contributed by atoms with Crippen molar-refractivity contribution in [3.8, 4) is 0 Å². The van der Waals surface area contributed by atoms with E-state index in [0.29, 0.717) is 0 Å². The molecule has 0 radical (unpaired) electrons. The molecule has 0 N–H and O–H groups in total. The van der Waals surface area contributed by atoms with Gasteiger partial charge in [0.05, 0.1) is 21.2 Å². The first-order valence-corrected chi connectivity index (χ1v) is 13.1. The van der Waals surface area contributed by atoms with Crippen LogP contribution >= 0.6 is 82.3 Å². The molecule has 0 spiro atoms. The van der Waals surface area contributed by atoms with E-state index in [1.165, 1.54) is 26.8 Å². The van der Waals surface area contributed by atoms with Gasteiger partial charge in [-0.15, -0.1) is 11.8 Å². The van der Waals surface area contributed by atoms with Crippen molar-refractivity contribution in [1.29, 1.82) is 0 Å². The predicted molar refractivity (Wildman–Crippen MR) is 120 cm³/mol. The van der Waals surface area contributed by atoms with Gasteiger partial charge in [-0.2, -0.15) is 0 Å². The van der Waals surface area contributed by atoms with Gasteiger partial charge in [-0.3, -0.25) is 0 Å². The lowest BCUT2D eigenvalue weighted by molar-refractivity contribution is 1.12. The van der Waals surface area contributed by atoms with E-state index in [9.17, 15) is 0 Å². The first kappa shape index (κ1) is 17.3. The highest BCUT2D eigenvalue weighted by atomic mass is 32.3. The molecular weight excluding hydrogens is 417 g/mol. The fourth-order valence-corrected chi connectivity index (χ4v) is 12.2. The molecule has 0 unspecified atom stereocenters. The molecule has 120 valence electrons. The van der Waals surface area contributed by atoms with Crippen molar-refractivity contribution in [2.75, 3.05) is 0 Å². The molecule has 0 aromatic rings. The Morgan fingerprint density at radius 3 is 1.52 bits per heavy atom. The van der Waals surface area contributed by atoms with Crippen LogP contribution in [0.2, 0.25) is 0 Å². The van der Waals surface area contributed by atoms with Crippen molar-refractivity contribution in [2.45, 2.75) is 26.7 Å². The number of thioether (sulfide) groups is 7. The van der Waals surface area contributed by atoms with Crippen molar-refractivity contribution in [3.63, 3.8) is 0 Å². The smallest absolute Gasteiger partial charge is 0.0717 e. The maximum Gasteiger partial charge on any atom is 0.0717 e. The molecule has 0 bridgehead atoms. The van der Waals surface area contributed by atoms with Crippen LogP contribution in [-0.4, -0.2) is 0 Å². The lowest BCUT2D eigenvalue weighted by atomic mass is 10.3. The lowest BCUT2D eigenvalue weighted by Gasteiger charge is -2.08. The molecule has 0 fully saturated rings. The van der Waals surface area contributed by atoms with Gasteiger partial charge in [0.2, 0.25) is 0 Å². The lowest BCUT2D eigenvalue weighted by Crippen LogP contribution is -1.78. The molecule has 4 aliphatic rings. The maximum atomic E-state index is 2.27. The molecule has 0 saturated carbocycles. The van der Waals surface area contributed by atoms with Crippen molar-refractivity contribution in [2.24, 2.45) is 0 Å². The largest absolute Gasteiger partial charge is 0.106 e. The Bertz CT molecular complexity index is 680. The summed E-state index contributed by atoms with van der Waals surface area (Å²) in [4.78, 5) is 3.15. The minimum absolute atomic E-state index is 1.16. The van der Waals surface area contributed by atoms with Crippen LogP contribution in [0.25, 0.3) is 0 Å². The summed E-state index contributed by atoms with van der Waals surface area (Å²) in [5.74, 6) is 0. The summed E-state index contributed by atoms with van der Waals surface area (Å²) in [5, 5.41) is 4.33. The topological polar surface area (TPSA) is 0 Å². The van der Waals surface area contributed by atoms with Gasteiger partial charge in [0.1, 0.15) is 0 Å². The van der Waals surface area contributed by atoms with Gasteiger partial charge in [0.25, 0.3) is 0 Å². The van der Waals surface area contributed by atoms with Gasteiger partial charge < -0.3 is 0 Å². The average molecular weight is 431 g/mol. The van der Waals surface area contributed by atoms with Gasteiger partial charge in [0.15, 0.2) is 0 Å². The van der Waals surface area contributed by atoms with E-state index < -0.39 is 0 Å². The van der Waals surface area contributed by atoms with E-state index in [0.717, 1.165) is 12.8 Å². The second-order valence-corrected chi connectivity index (χ2v) is 13.2. The van der Waals surface area contributed by atoms with Crippen LogP contribution in [0.1, 0.15) is 26.7 Å². The summed E-state index contributed by atoms with van der Waals surface area (Å²) in [7, 11) is 0. The molecule has 23 heavy (non-hydrogen) atoms. The molecule has 4 rings (SSSR count). The van der Waals surface area contributed by atoms with E-state index in [1.54, 1.807) is 21.6 Å². The van der Waals surface area contributed by atoms with E-state index in [4.69, 9.17) is 0 Å². The molecule has 7 heteroatoms. The van der Waals surface area contributed by atoms with Crippen molar-refractivity contribution in [1.82, 2.24) is 0 Å². The van der Waals surface area contributed by atoms with Gasteiger partial charge in [0, 0.05) is 0 Å². The molecule has 0 aliphatic carbocycles. The van der Waals surface area contributed by atoms with Crippen LogP contribution in [0.4, 0.5) is 0 Å². The number of rotatable bonds is 2. The SMILES string of the molecule is CCC1=C(CC)SC(=C2SC3=C(SC(=C4C=CSC=C4)S3)S2)S1. The van der Waals surface area contributed by atoms with E-state index in [2.05, 4.69) is 36.8 Å². The Balaban J connectivity index is 1.48. The second kappa shape index (κ2) is 7.64. The van der Waals surface area contributed by atoms with E-state index >= 15 is 0 Å². The third kappa shape index (κ3) is 3.57. The Morgan fingerprint density at radius 1 is 0.609 bits per heavy atom. The van der Waals surface area contributed by atoms with Crippen LogP contribution in [-0.2, 0) is 0 Å². The monoisotopic (exact) mass is 430 g/mol. The molecule has 0 nitrogen and oxygen atoms in total. The summed E-state index contributed by atoms with van der Waals surface area (Å²) < 4.78 is 7.39. The predicted octanol–water partition coefficient (Wildman–Crippen LogP) is 8.70. The summed E-state index contributed by atoms with van der Waals surface area (Å²) in [6.45, 7) is 4.54. The Morgan fingerprint density at radius 2 is 1.04 bits per heavy atom. The molecule has 0 aromatic heterocycles. The van der Waals surface area contributed by atoms with Gasteiger partial charge >= 0.3 is 0 Å². The highest BCUT2D eigenvalue weighted by Gasteiger charge is 2.34. The quantitative estimate of drug-likeness (QED) is 0.424. The zero-order valence-electron chi connectivity index (χ0n) is 12.6. The third-order valence-electron chi connectivity index (χ3n) is 3.35. The number of hydrogen-bond donors (Lipinski definition) is 0. The highest BCUT2D eigenvalue weighted by Crippen LogP contribution is 2.70. The van der Waals surface area contributed by atoms with Crippen molar-refractivity contribution in [3.05, 3.63) is 59.5 Å². The molecule has 0 atom stereocenters. The normalized spacial score (nSPS) is 23.9. The van der Waals surface area contributed by atoms with Crippen LogP contribution in [0.15, 0.2) is 59.5 Å². The first-order chi connectivity index (χ1) is 11.3. The second-order valence-electron chi connectivity index (χ2n) is 4.80. The summed E-state index contributed by atoms with van der Waals surface area (Å²) >= 11 is 13.6. The van der Waals surface area contributed by atoms with Gasteiger partial charge in [-0.25, -0.2) is 0 Å². The Kier molecular flexibility index (Phi) is 5.75. The minimum Gasteiger partial charge on any atom is -0.106 e. The summed E-state index contributed by atoms with van der Waals surface area (Å²) in [6.07, 6.45) is 6.78. The summed E-state index contributed by atoms with van der Waals surface area (Å²) in [6, 6.07) is 0. The zero-order valence-corrected chi connectivity index (χ0v) is 18.3. The Labute approximate surface area is 167 Å². The van der Waals surface area contributed by atoms with Crippen LogP contribution in [0.3, 0.4) is 0 Å². The molecule has 0 aromatic carbocycles. The van der Waals surface area contributed by atoms with Gasteiger partial charge in [-0.05, 0) is 51.2 Å². The zero-order chi connectivity index (χ0) is 15.8. The maximum absolute atomic E-state index is 2.27.